The minimum atomic E-state index is -0.423. The summed E-state index contributed by atoms with van der Waals surface area (Å²) in [5.74, 6) is 0.888. The second-order valence-corrected chi connectivity index (χ2v) is 9.00. The fourth-order valence-corrected chi connectivity index (χ4v) is 4.59. The molecule has 0 bridgehead atoms. The SMILES string of the molecule is CSc1ccc(C2NC(=O)N(c3cccc(C)c3)C(C)=C2c2nc(-c3ccccc3)no2)cc1. The molecule has 1 aromatic heterocycles. The Bertz CT molecular complexity index is 1360. The molecule has 1 aliphatic heterocycles. The van der Waals surface area contributed by atoms with E-state index in [0.29, 0.717) is 11.7 Å². The van der Waals surface area contributed by atoms with E-state index in [9.17, 15) is 4.79 Å². The zero-order valence-electron chi connectivity index (χ0n) is 19.1. The third-order valence-corrected chi connectivity index (χ3v) is 6.63. The van der Waals surface area contributed by atoms with Gasteiger partial charge in [-0.15, -0.1) is 11.8 Å². The van der Waals surface area contributed by atoms with Crippen LogP contribution in [0.25, 0.3) is 17.0 Å². The Balaban J connectivity index is 1.65. The van der Waals surface area contributed by atoms with Crippen LogP contribution in [-0.2, 0) is 0 Å². The molecular weight excluding hydrogens is 444 g/mol. The molecule has 0 saturated heterocycles. The average Bonchev–Trinajstić information content (AvgIpc) is 3.34. The van der Waals surface area contributed by atoms with Crippen LogP contribution in [-0.4, -0.2) is 22.4 Å². The van der Waals surface area contributed by atoms with E-state index in [1.54, 1.807) is 16.7 Å². The first-order valence-electron chi connectivity index (χ1n) is 11.0. The molecular formula is C27H24N4O2S. The first-order chi connectivity index (χ1) is 16.5. The maximum absolute atomic E-state index is 13.3. The Morgan fingerprint density at radius 2 is 1.74 bits per heavy atom. The highest BCUT2D eigenvalue weighted by atomic mass is 32.2. The van der Waals surface area contributed by atoms with Gasteiger partial charge in [-0.25, -0.2) is 4.79 Å². The molecule has 7 heteroatoms. The number of aryl methyl sites for hydroxylation is 1. The Morgan fingerprint density at radius 3 is 2.44 bits per heavy atom. The number of benzene rings is 3. The lowest BCUT2D eigenvalue weighted by atomic mass is 9.94. The highest BCUT2D eigenvalue weighted by Gasteiger charge is 2.36. The monoisotopic (exact) mass is 468 g/mol. The standard InChI is InChI=1S/C27H24N4O2S/c1-17-8-7-11-21(16-17)31-18(2)23(26-29-25(30-33-26)20-9-5-4-6-10-20)24(28-27(31)32)19-12-14-22(34-3)15-13-19/h4-16,24H,1-3H3,(H,28,32). The zero-order valence-corrected chi connectivity index (χ0v) is 20.0. The molecule has 1 N–H and O–H groups in total. The van der Waals surface area contributed by atoms with Crippen LogP contribution in [0.1, 0.15) is 30.0 Å². The second-order valence-electron chi connectivity index (χ2n) is 8.12. The molecule has 0 saturated carbocycles. The number of aromatic nitrogens is 2. The molecule has 1 atom stereocenters. The van der Waals surface area contributed by atoms with E-state index in [2.05, 4.69) is 22.6 Å². The lowest BCUT2D eigenvalue weighted by Crippen LogP contribution is -2.46. The van der Waals surface area contributed by atoms with E-state index in [1.165, 1.54) is 0 Å². The number of hydrogen-bond acceptors (Lipinski definition) is 5. The molecule has 3 aromatic carbocycles. The van der Waals surface area contributed by atoms with Gasteiger partial charge in [0.1, 0.15) is 0 Å². The molecule has 34 heavy (non-hydrogen) atoms. The number of carbonyl (C=O) groups is 1. The van der Waals surface area contributed by atoms with Gasteiger partial charge in [-0.05, 0) is 55.5 Å². The molecule has 0 spiro atoms. The summed E-state index contributed by atoms with van der Waals surface area (Å²) in [7, 11) is 0. The summed E-state index contributed by atoms with van der Waals surface area (Å²) in [4.78, 5) is 20.9. The number of urea groups is 1. The smallest absolute Gasteiger partial charge is 0.326 e. The normalized spacial score (nSPS) is 16.0. The van der Waals surface area contributed by atoms with Gasteiger partial charge in [0, 0.05) is 16.2 Å². The minimum absolute atomic E-state index is 0.200. The van der Waals surface area contributed by atoms with Crippen LogP contribution in [0.4, 0.5) is 10.5 Å². The molecule has 2 amide bonds. The first-order valence-corrected chi connectivity index (χ1v) is 12.2. The van der Waals surface area contributed by atoms with E-state index in [-0.39, 0.29) is 6.03 Å². The molecule has 6 nitrogen and oxygen atoms in total. The summed E-state index contributed by atoms with van der Waals surface area (Å²) >= 11 is 1.67. The molecule has 1 aliphatic rings. The van der Waals surface area contributed by atoms with Gasteiger partial charge in [-0.2, -0.15) is 4.98 Å². The summed E-state index contributed by atoms with van der Waals surface area (Å²) in [6.07, 6.45) is 2.04. The number of hydrogen-bond donors (Lipinski definition) is 1. The van der Waals surface area contributed by atoms with Gasteiger partial charge < -0.3 is 9.84 Å². The molecule has 0 aliphatic carbocycles. The van der Waals surface area contributed by atoms with Crippen molar-refractivity contribution in [2.45, 2.75) is 24.8 Å². The van der Waals surface area contributed by atoms with Crippen molar-refractivity contribution in [2.24, 2.45) is 0 Å². The van der Waals surface area contributed by atoms with Gasteiger partial charge >= 0.3 is 6.03 Å². The molecule has 170 valence electrons. The van der Waals surface area contributed by atoms with Gasteiger partial charge in [0.2, 0.25) is 5.82 Å². The Labute approximate surface area is 202 Å². The molecule has 2 heterocycles. The van der Waals surface area contributed by atoms with Crippen molar-refractivity contribution in [3.63, 3.8) is 0 Å². The van der Waals surface area contributed by atoms with Crippen LogP contribution < -0.4 is 10.2 Å². The third kappa shape index (κ3) is 4.10. The molecule has 5 rings (SSSR count). The molecule has 4 aromatic rings. The third-order valence-electron chi connectivity index (χ3n) is 5.88. The predicted octanol–water partition coefficient (Wildman–Crippen LogP) is 6.47. The van der Waals surface area contributed by atoms with Crippen molar-refractivity contribution in [1.82, 2.24) is 15.5 Å². The summed E-state index contributed by atoms with van der Waals surface area (Å²) < 4.78 is 5.77. The van der Waals surface area contributed by atoms with Gasteiger partial charge in [0.15, 0.2) is 0 Å². The lowest BCUT2D eigenvalue weighted by molar-refractivity contribution is 0.244. The number of allylic oxidation sites excluding steroid dienone is 1. The Morgan fingerprint density at radius 1 is 0.971 bits per heavy atom. The largest absolute Gasteiger partial charge is 0.334 e. The first kappa shape index (κ1) is 22.0. The van der Waals surface area contributed by atoms with Crippen molar-refractivity contribution in [1.29, 1.82) is 0 Å². The van der Waals surface area contributed by atoms with Crippen molar-refractivity contribution < 1.29 is 9.32 Å². The van der Waals surface area contributed by atoms with Crippen LogP contribution >= 0.6 is 11.8 Å². The molecule has 0 radical (unpaired) electrons. The number of carbonyl (C=O) groups excluding carboxylic acids is 1. The van der Waals surface area contributed by atoms with Gasteiger partial charge in [0.05, 0.1) is 17.3 Å². The molecule has 0 fully saturated rings. The summed E-state index contributed by atoms with van der Waals surface area (Å²) in [5.41, 5.74) is 5.19. The highest BCUT2D eigenvalue weighted by molar-refractivity contribution is 7.98. The number of thioether (sulfide) groups is 1. The Kier molecular flexibility index (Phi) is 5.94. The zero-order chi connectivity index (χ0) is 23.7. The predicted molar refractivity (Wildman–Crippen MR) is 135 cm³/mol. The minimum Gasteiger partial charge on any atom is -0.334 e. The topological polar surface area (TPSA) is 71.3 Å². The summed E-state index contributed by atoms with van der Waals surface area (Å²) in [5, 5.41) is 7.39. The van der Waals surface area contributed by atoms with Crippen LogP contribution in [0.5, 0.6) is 0 Å². The average molecular weight is 469 g/mol. The van der Waals surface area contributed by atoms with E-state index < -0.39 is 6.04 Å². The number of nitrogens with one attached hydrogen (secondary N) is 1. The van der Waals surface area contributed by atoms with Crippen molar-refractivity contribution in [3.05, 3.63) is 102 Å². The quantitative estimate of drug-likeness (QED) is 0.340. The summed E-state index contributed by atoms with van der Waals surface area (Å²) in [6.45, 7) is 3.93. The van der Waals surface area contributed by atoms with E-state index >= 15 is 0 Å². The number of nitrogens with zero attached hydrogens (tertiary/aromatic N) is 3. The maximum Gasteiger partial charge on any atom is 0.326 e. The van der Waals surface area contributed by atoms with Gasteiger partial charge in [0.25, 0.3) is 5.89 Å². The van der Waals surface area contributed by atoms with Crippen molar-refractivity contribution >= 4 is 29.1 Å². The van der Waals surface area contributed by atoms with Crippen LogP contribution in [0.15, 0.2) is 94.0 Å². The van der Waals surface area contributed by atoms with Crippen LogP contribution in [0.3, 0.4) is 0 Å². The van der Waals surface area contributed by atoms with Gasteiger partial charge in [-0.1, -0.05) is 59.8 Å². The van der Waals surface area contributed by atoms with E-state index in [4.69, 9.17) is 9.51 Å². The fraction of sp³-hybridized carbons (Fsp3) is 0.148. The Hall–Kier alpha value is -3.84. The highest BCUT2D eigenvalue weighted by Crippen LogP contribution is 2.39. The van der Waals surface area contributed by atoms with Crippen LogP contribution in [0, 0.1) is 6.92 Å². The lowest BCUT2D eigenvalue weighted by Gasteiger charge is -2.35. The van der Waals surface area contributed by atoms with Crippen molar-refractivity contribution in [2.75, 3.05) is 11.2 Å². The summed E-state index contributed by atoms with van der Waals surface area (Å²) in [6, 6.07) is 25.1. The molecule has 1 unspecified atom stereocenters. The fourth-order valence-electron chi connectivity index (χ4n) is 4.18. The number of rotatable bonds is 5. The van der Waals surface area contributed by atoms with Crippen molar-refractivity contribution in [3.8, 4) is 11.4 Å². The van der Waals surface area contributed by atoms with Gasteiger partial charge in [-0.3, -0.25) is 4.90 Å². The van der Waals surface area contributed by atoms with E-state index in [1.807, 2.05) is 86.8 Å². The number of amides is 2. The number of anilines is 1. The second kappa shape index (κ2) is 9.19. The van der Waals surface area contributed by atoms with E-state index in [0.717, 1.165) is 38.5 Å². The maximum atomic E-state index is 13.3. The van der Waals surface area contributed by atoms with Crippen LogP contribution in [0.2, 0.25) is 0 Å².